The first-order valence-corrected chi connectivity index (χ1v) is 9.70. The number of guanidine groups is 1. The highest BCUT2D eigenvalue weighted by Gasteiger charge is 2.26. The molecular weight excluding hydrogens is 495 g/mol. The van der Waals surface area contributed by atoms with Crippen LogP contribution in [-0.4, -0.2) is 49.2 Å². The van der Waals surface area contributed by atoms with Crippen LogP contribution >= 0.6 is 24.0 Å². The van der Waals surface area contributed by atoms with E-state index < -0.39 is 0 Å². The topological polar surface area (TPSA) is 89.2 Å². The van der Waals surface area contributed by atoms with Crippen LogP contribution in [0.5, 0.6) is 5.75 Å². The fourth-order valence-corrected chi connectivity index (χ4v) is 3.38. The first kappa shape index (κ1) is 23.9. The SMILES string of the molecule is COc1ccccc1NC(N)=NCc1ccc(C(=O)N2CC(C)OC(C)C2)cc1.I. The van der Waals surface area contributed by atoms with Gasteiger partial charge in [-0.25, -0.2) is 4.99 Å². The first-order chi connectivity index (χ1) is 14.0. The van der Waals surface area contributed by atoms with Crippen LogP contribution in [0.4, 0.5) is 5.69 Å². The Morgan fingerprint density at radius 2 is 1.80 bits per heavy atom. The number of nitrogens with zero attached hydrogens (tertiary/aromatic N) is 2. The van der Waals surface area contributed by atoms with E-state index in [-0.39, 0.29) is 42.1 Å². The Labute approximate surface area is 194 Å². The van der Waals surface area contributed by atoms with E-state index in [2.05, 4.69) is 10.3 Å². The zero-order chi connectivity index (χ0) is 20.8. The third-order valence-corrected chi connectivity index (χ3v) is 4.71. The van der Waals surface area contributed by atoms with Crippen molar-refractivity contribution < 1.29 is 14.3 Å². The predicted molar refractivity (Wildman–Crippen MR) is 130 cm³/mol. The number of hydrogen-bond acceptors (Lipinski definition) is 4. The molecule has 8 heteroatoms. The van der Waals surface area contributed by atoms with Gasteiger partial charge in [0.2, 0.25) is 0 Å². The second-order valence-electron chi connectivity index (χ2n) is 7.19. The molecule has 0 spiro atoms. The molecule has 7 nitrogen and oxygen atoms in total. The largest absolute Gasteiger partial charge is 0.495 e. The van der Waals surface area contributed by atoms with Gasteiger partial charge in [-0.15, -0.1) is 24.0 Å². The number of carbonyl (C=O) groups is 1. The van der Waals surface area contributed by atoms with Crippen LogP contribution in [0.2, 0.25) is 0 Å². The van der Waals surface area contributed by atoms with E-state index in [0.29, 0.717) is 36.9 Å². The lowest BCUT2D eigenvalue weighted by molar-refractivity contribution is -0.0586. The molecule has 0 aromatic heterocycles. The summed E-state index contributed by atoms with van der Waals surface area (Å²) in [5.41, 5.74) is 8.38. The highest BCUT2D eigenvalue weighted by atomic mass is 127. The van der Waals surface area contributed by atoms with Gasteiger partial charge in [0.15, 0.2) is 5.96 Å². The number of methoxy groups -OCH3 is 1. The van der Waals surface area contributed by atoms with Gasteiger partial charge in [-0.2, -0.15) is 0 Å². The number of nitrogens with one attached hydrogen (secondary N) is 1. The molecule has 30 heavy (non-hydrogen) atoms. The van der Waals surface area contributed by atoms with Crippen molar-refractivity contribution >= 4 is 41.5 Å². The average molecular weight is 524 g/mol. The maximum atomic E-state index is 12.7. The standard InChI is InChI=1S/C22H28N4O3.HI/c1-15-13-26(14-16(2)29-15)21(27)18-10-8-17(9-11-18)12-24-22(23)25-19-6-4-5-7-20(19)28-3;/h4-11,15-16H,12-14H2,1-3H3,(H3,23,24,25);1H. The molecule has 2 aromatic rings. The molecule has 1 aliphatic heterocycles. The molecule has 1 aliphatic rings. The zero-order valence-electron chi connectivity index (χ0n) is 17.5. The van der Waals surface area contributed by atoms with Gasteiger partial charge < -0.3 is 25.4 Å². The minimum atomic E-state index is 0. The van der Waals surface area contributed by atoms with Crippen molar-refractivity contribution in [1.82, 2.24) is 4.90 Å². The second-order valence-corrected chi connectivity index (χ2v) is 7.19. The number of carbonyl (C=O) groups excluding carboxylic acids is 1. The van der Waals surface area contributed by atoms with Gasteiger partial charge in [0, 0.05) is 18.7 Å². The number of para-hydroxylation sites is 2. The van der Waals surface area contributed by atoms with E-state index in [1.807, 2.05) is 67.3 Å². The normalized spacial score (nSPS) is 19.0. The molecule has 0 aliphatic carbocycles. The number of halogens is 1. The van der Waals surface area contributed by atoms with Crippen molar-refractivity contribution in [3.05, 3.63) is 59.7 Å². The molecular formula is C22H29IN4O3. The first-order valence-electron chi connectivity index (χ1n) is 9.70. The number of benzene rings is 2. The molecule has 1 fully saturated rings. The van der Waals surface area contributed by atoms with Crippen LogP contribution in [0, 0.1) is 0 Å². The Morgan fingerprint density at radius 1 is 1.17 bits per heavy atom. The van der Waals surface area contributed by atoms with E-state index in [0.717, 1.165) is 11.3 Å². The molecule has 1 heterocycles. The molecule has 2 atom stereocenters. The number of anilines is 1. The maximum absolute atomic E-state index is 12.7. The third kappa shape index (κ3) is 6.33. The molecule has 0 saturated carbocycles. The highest BCUT2D eigenvalue weighted by Crippen LogP contribution is 2.22. The molecule has 0 radical (unpaired) electrons. The van der Waals surface area contributed by atoms with E-state index >= 15 is 0 Å². The molecule has 2 unspecified atom stereocenters. The van der Waals surface area contributed by atoms with Crippen LogP contribution in [0.25, 0.3) is 0 Å². The van der Waals surface area contributed by atoms with Crippen LogP contribution < -0.4 is 15.8 Å². The van der Waals surface area contributed by atoms with Crippen LogP contribution in [0.3, 0.4) is 0 Å². The molecule has 3 rings (SSSR count). The number of rotatable bonds is 5. The van der Waals surface area contributed by atoms with E-state index in [1.54, 1.807) is 7.11 Å². The Kier molecular flexibility index (Phi) is 8.91. The minimum Gasteiger partial charge on any atom is -0.495 e. The summed E-state index contributed by atoms with van der Waals surface area (Å²) < 4.78 is 11.0. The fraction of sp³-hybridized carbons (Fsp3) is 0.364. The number of nitrogens with two attached hydrogens (primary N) is 1. The summed E-state index contributed by atoms with van der Waals surface area (Å²) in [6, 6.07) is 15.0. The lowest BCUT2D eigenvalue weighted by Gasteiger charge is -2.35. The van der Waals surface area contributed by atoms with E-state index in [4.69, 9.17) is 15.2 Å². The zero-order valence-corrected chi connectivity index (χ0v) is 19.8. The highest BCUT2D eigenvalue weighted by molar-refractivity contribution is 14.0. The minimum absolute atomic E-state index is 0. The molecule has 3 N–H and O–H groups in total. The lowest BCUT2D eigenvalue weighted by atomic mass is 10.1. The molecule has 1 saturated heterocycles. The monoisotopic (exact) mass is 524 g/mol. The Hall–Kier alpha value is -2.33. The average Bonchev–Trinajstić information content (AvgIpc) is 2.72. The number of aliphatic imine (C=N–C) groups is 1. The molecule has 162 valence electrons. The second kappa shape index (κ2) is 11.2. The van der Waals surface area contributed by atoms with Crippen molar-refractivity contribution in [2.24, 2.45) is 10.7 Å². The summed E-state index contributed by atoms with van der Waals surface area (Å²) in [6.45, 7) is 5.61. The summed E-state index contributed by atoms with van der Waals surface area (Å²) in [4.78, 5) is 18.9. The summed E-state index contributed by atoms with van der Waals surface area (Å²) in [7, 11) is 1.61. The summed E-state index contributed by atoms with van der Waals surface area (Å²) in [6.07, 6.45) is 0.102. The number of morpholine rings is 1. The number of hydrogen-bond donors (Lipinski definition) is 2. The molecule has 2 aromatic carbocycles. The van der Waals surface area contributed by atoms with E-state index in [1.165, 1.54) is 0 Å². The van der Waals surface area contributed by atoms with Crippen molar-refractivity contribution in [2.45, 2.75) is 32.6 Å². The predicted octanol–water partition coefficient (Wildman–Crippen LogP) is 3.49. The Balaban J connectivity index is 0.00000320. The van der Waals surface area contributed by atoms with Gasteiger partial charge >= 0.3 is 0 Å². The van der Waals surface area contributed by atoms with Crippen LogP contribution in [0.1, 0.15) is 29.8 Å². The lowest BCUT2D eigenvalue weighted by Crippen LogP contribution is -2.48. The number of amides is 1. The van der Waals surface area contributed by atoms with Gasteiger partial charge in [0.05, 0.1) is 31.5 Å². The third-order valence-electron chi connectivity index (χ3n) is 4.71. The summed E-state index contributed by atoms with van der Waals surface area (Å²) in [5, 5.41) is 3.04. The maximum Gasteiger partial charge on any atom is 0.254 e. The summed E-state index contributed by atoms with van der Waals surface area (Å²) >= 11 is 0. The van der Waals surface area contributed by atoms with Gasteiger partial charge in [-0.1, -0.05) is 24.3 Å². The smallest absolute Gasteiger partial charge is 0.254 e. The Bertz CT molecular complexity index is 863. The van der Waals surface area contributed by atoms with Gasteiger partial charge in [-0.05, 0) is 43.7 Å². The Morgan fingerprint density at radius 3 is 2.43 bits per heavy atom. The van der Waals surface area contributed by atoms with Crippen molar-refractivity contribution in [3.8, 4) is 5.75 Å². The van der Waals surface area contributed by atoms with Gasteiger partial charge in [0.25, 0.3) is 5.91 Å². The van der Waals surface area contributed by atoms with Crippen LogP contribution in [-0.2, 0) is 11.3 Å². The molecule has 1 amide bonds. The van der Waals surface area contributed by atoms with Crippen molar-refractivity contribution in [2.75, 3.05) is 25.5 Å². The van der Waals surface area contributed by atoms with Gasteiger partial charge in [-0.3, -0.25) is 4.79 Å². The van der Waals surface area contributed by atoms with Crippen molar-refractivity contribution in [1.29, 1.82) is 0 Å². The van der Waals surface area contributed by atoms with E-state index in [9.17, 15) is 4.79 Å². The van der Waals surface area contributed by atoms with Gasteiger partial charge in [0.1, 0.15) is 5.75 Å². The van der Waals surface area contributed by atoms with Crippen LogP contribution in [0.15, 0.2) is 53.5 Å². The molecule has 0 bridgehead atoms. The van der Waals surface area contributed by atoms with Crippen molar-refractivity contribution in [3.63, 3.8) is 0 Å². The number of ether oxygens (including phenoxy) is 2. The fourth-order valence-electron chi connectivity index (χ4n) is 3.38. The quantitative estimate of drug-likeness (QED) is 0.355. The summed E-state index contributed by atoms with van der Waals surface area (Å²) in [5.74, 6) is 1.02.